The van der Waals surface area contributed by atoms with Crippen LogP contribution in [0.3, 0.4) is 0 Å². The van der Waals surface area contributed by atoms with E-state index in [0.717, 1.165) is 53.2 Å². The van der Waals surface area contributed by atoms with Crippen LogP contribution in [-0.2, 0) is 19.2 Å². The molecule has 2 aliphatic rings. The average Bonchev–Trinajstić information content (AvgIpc) is 3.85. The van der Waals surface area contributed by atoms with Crippen molar-refractivity contribution in [3.05, 3.63) is 124 Å². The summed E-state index contributed by atoms with van der Waals surface area (Å²) in [5.41, 5.74) is 3.62. The predicted octanol–water partition coefficient (Wildman–Crippen LogP) is 14.7. The second kappa shape index (κ2) is 20.1. The van der Waals surface area contributed by atoms with Gasteiger partial charge in [-0.05, 0) is 113 Å². The topological polar surface area (TPSA) is 102 Å². The standard InChI is InChI=1S/C53H65F3N4O3SSi2/c1-49(2,3)65(9,10)61-30-28-60(29-31-62-66(11,12)50(4,5)6)43-23-20-38(21-24-43)18-19-39-32-40(34-51(7,8)33-39)22-25-45-44(37-59)48(42(35-57)36-58)63-52(45,53(54,55)56)47-27-26-46(64-47)41-16-14-13-15-17-41/h13-21,23-27,32,44-45H,28-31,33-34H2,1-12H3/b19-18+. The molecule has 0 radical (unpaired) electrons. The Morgan fingerprint density at radius 2 is 1.39 bits per heavy atom. The van der Waals surface area contributed by atoms with Crippen molar-refractivity contribution in [1.82, 2.24) is 0 Å². The number of ether oxygens (including phenoxy) is 1. The van der Waals surface area contributed by atoms with Gasteiger partial charge in [0.05, 0.1) is 30.1 Å². The highest BCUT2D eigenvalue weighted by Gasteiger charge is 2.70. The summed E-state index contributed by atoms with van der Waals surface area (Å²) in [5, 5.41) is 30.2. The molecule has 1 saturated heterocycles. The zero-order valence-corrected chi connectivity index (χ0v) is 43.4. The third-order valence-electron chi connectivity index (χ3n) is 13.6. The zero-order valence-electron chi connectivity index (χ0n) is 40.6. The van der Waals surface area contributed by atoms with Crippen molar-refractivity contribution >= 4 is 39.7 Å². The number of benzene rings is 2. The van der Waals surface area contributed by atoms with Crippen LogP contribution in [0.4, 0.5) is 18.9 Å². The van der Waals surface area contributed by atoms with Crippen molar-refractivity contribution in [3.63, 3.8) is 0 Å². The van der Waals surface area contributed by atoms with Crippen LogP contribution in [0.1, 0.15) is 78.7 Å². The lowest BCUT2D eigenvalue weighted by atomic mass is 9.74. The summed E-state index contributed by atoms with van der Waals surface area (Å²) in [6, 6.07) is 25.6. The number of anilines is 1. The molecular weight excluding hydrogens is 886 g/mol. The van der Waals surface area contributed by atoms with Gasteiger partial charge in [-0.25, -0.2) is 0 Å². The molecule has 1 aliphatic carbocycles. The minimum Gasteiger partial charge on any atom is -0.472 e. The van der Waals surface area contributed by atoms with Gasteiger partial charge in [-0.3, -0.25) is 0 Å². The second-order valence-electron chi connectivity index (χ2n) is 21.2. The number of nitriles is 3. The highest BCUT2D eigenvalue weighted by molar-refractivity contribution is 7.15. The average molecular weight is 951 g/mol. The minimum atomic E-state index is -5.05. The molecule has 2 heterocycles. The van der Waals surface area contributed by atoms with Crippen molar-refractivity contribution < 1.29 is 26.8 Å². The lowest BCUT2D eigenvalue weighted by Crippen LogP contribution is -2.46. The Bertz CT molecular complexity index is 2450. The predicted molar refractivity (Wildman–Crippen MR) is 266 cm³/mol. The first-order valence-corrected chi connectivity index (χ1v) is 29.1. The van der Waals surface area contributed by atoms with E-state index in [1.807, 2.05) is 30.4 Å². The van der Waals surface area contributed by atoms with E-state index in [4.69, 9.17) is 13.6 Å². The molecule has 7 nitrogen and oxygen atoms in total. The summed E-state index contributed by atoms with van der Waals surface area (Å²) in [7, 11) is -3.87. The van der Waals surface area contributed by atoms with Gasteiger partial charge in [-0.2, -0.15) is 29.0 Å². The van der Waals surface area contributed by atoms with Gasteiger partial charge in [0, 0.05) is 23.7 Å². The van der Waals surface area contributed by atoms with Gasteiger partial charge in [0.15, 0.2) is 22.2 Å². The normalized spacial score (nSPS) is 20.2. The summed E-state index contributed by atoms with van der Waals surface area (Å²) in [6.45, 7) is 29.5. The highest BCUT2D eigenvalue weighted by atomic mass is 32.1. The van der Waals surface area contributed by atoms with Crippen LogP contribution < -0.4 is 4.90 Å². The van der Waals surface area contributed by atoms with Crippen LogP contribution in [-0.4, -0.2) is 49.1 Å². The Hall–Kier alpha value is -4.91. The molecule has 2 aromatic carbocycles. The molecule has 66 heavy (non-hydrogen) atoms. The van der Waals surface area contributed by atoms with E-state index in [0.29, 0.717) is 30.1 Å². The molecule has 13 heteroatoms. The lowest BCUT2D eigenvalue weighted by molar-refractivity contribution is -0.270. The van der Waals surface area contributed by atoms with Crippen LogP contribution in [0.25, 0.3) is 16.5 Å². The molecular formula is C53H65F3N4O3SSi2. The Kier molecular flexibility index (Phi) is 15.9. The maximum atomic E-state index is 15.8. The van der Waals surface area contributed by atoms with Gasteiger partial charge in [0.1, 0.15) is 23.8 Å². The van der Waals surface area contributed by atoms with Gasteiger partial charge in [-0.15, -0.1) is 17.1 Å². The second-order valence-corrected chi connectivity index (χ2v) is 31.9. The molecule has 0 bridgehead atoms. The van der Waals surface area contributed by atoms with Gasteiger partial charge in [0.25, 0.3) is 0 Å². The maximum Gasteiger partial charge on any atom is 0.434 e. The minimum absolute atomic E-state index is 0.110. The summed E-state index contributed by atoms with van der Waals surface area (Å²) in [4.78, 5) is 2.72. The summed E-state index contributed by atoms with van der Waals surface area (Å²) >= 11 is 0.903. The van der Waals surface area contributed by atoms with E-state index in [1.165, 1.54) is 12.1 Å². The van der Waals surface area contributed by atoms with E-state index >= 15 is 13.2 Å². The van der Waals surface area contributed by atoms with E-state index in [2.05, 4.69) is 116 Å². The third-order valence-corrected chi connectivity index (χ3v) is 23.9. The summed E-state index contributed by atoms with van der Waals surface area (Å²) < 4.78 is 66.3. The molecule has 1 aromatic heterocycles. The van der Waals surface area contributed by atoms with Crippen LogP contribution in [0.15, 0.2) is 113 Å². The smallest absolute Gasteiger partial charge is 0.434 e. The number of alkyl halides is 3. The quantitative estimate of drug-likeness (QED) is 0.0901. The molecule has 0 saturated carbocycles. The molecule has 0 amide bonds. The molecule has 3 unspecified atom stereocenters. The van der Waals surface area contributed by atoms with Crippen LogP contribution in [0.2, 0.25) is 36.3 Å². The zero-order chi connectivity index (χ0) is 48.9. The summed E-state index contributed by atoms with van der Waals surface area (Å²) in [6.07, 6.45) is 3.49. The van der Waals surface area contributed by atoms with E-state index < -0.39 is 51.6 Å². The van der Waals surface area contributed by atoms with Crippen molar-refractivity contribution in [1.29, 1.82) is 15.8 Å². The fourth-order valence-corrected chi connectivity index (χ4v) is 11.0. The van der Waals surface area contributed by atoms with Crippen molar-refractivity contribution in [2.24, 2.45) is 17.3 Å². The van der Waals surface area contributed by atoms with Crippen molar-refractivity contribution in [3.8, 4) is 28.6 Å². The first-order chi connectivity index (χ1) is 30.7. The first-order valence-electron chi connectivity index (χ1n) is 22.5. The van der Waals surface area contributed by atoms with Gasteiger partial charge < -0.3 is 18.5 Å². The molecule has 0 spiro atoms. The molecule has 3 aromatic rings. The van der Waals surface area contributed by atoms with Crippen LogP contribution >= 0.6 is 11.3 Å². The van der Waals surface area contributed by atoms with Crippen LogP contribution in [0, 0.1) is 51.2 Å². The number of thiophene rings is 1. The number of hydrogen-bond donors (Lipinski definition) is 0. The molecule has 3 atom stereocenters. The number of allylic oxidation sites excluding steroid dienone is 5. The van der Waals surface area contributed by atoms with E-state index in [-0.39, 0.29) is 20.4 Å². The van der Waals surface area contributed by atoms with Crippen molar-refractivity contribution in [2.75, 3.05) is 31.2 Å². The SMILES string of the molecule is CC1(C)CC(=C=CC2C(C#N)C(=C(C#N)C#N)OC2(c2ccc(-c3ccccc3)s2)C(F)(F)F)C=C(/C=C/c2ccc(N(CCO[Si](C)(C)C(C)(C)C)CCO[Si](C)(C)C(C)(C)C)cc2)C1. The summed E-state index contributed by atoms with van der Waals surface area (Å²) in [5.74, 6) is -3.82. The number of rotatable bonds is 14. The van der Waals surface area contributed by atoms with Gasteiger partial charge in [0.2, 0.25) is 5.60 Å². The first kappa shape index (κ1) is 52.1. The molecule has 5 rings (SSSR count). The Balaban J connectivity index is 1.47. The van der Waals surface area contributed by atoms with Crippen LogP contribution in [0.5, 0.6) is 0 Å². The lowest BCUT2D eigenvalue weighted by Gasteiger charge is -2.38. The highest BCUT2D eigenvalue weighted by Crippen LogP contribution is 2.60. The fourth-order valence-electron chi connectivity index (χ4n) is 7.77. The number of hydrogen-bond acceptors (Lipinski definition) is 8. The van der Waals surface area contributed by atoms with Crippen molar-refractivity contribution in [2.45, 2.75) is 116 Å². The molecule has 1 aliphatic heterocycles. The Labute approximate surface area is 397 Å². The Morgan fingerprint density at radius 1 is 0.818 bits per heavy atom. The van der Waals surface area contributed by atoms with Gasteiger partial charge in [-0.1, -0.05) is 110 Å². The molecule has 350 valence electrons. The van der Waals surface area contributed by atoms with Gasteiger partial charge >= 0.3 is 6.18 Å². The fraction of sp³-hybridized carbons (Fsp3) is 0.472. The van der Waals surface area contributed by atoms with E-state index in [1.54, 1.807) is 42.5 Å². The molecule has 0 N–H and O–H groups in total. The third kappa shape index (κ3) is 11.8. The largest absolute Gasteiger partial charge is 0.472 e. The Morgan fingerprint density at radius 3 is 1.91 bits per heavy atom. The monoisotopic (exact) mass is 950 g/mol. The number of halogens is 3. The maximum absolute atomic E-state index is 15.8. The van der Waals surface area contributed by atoms with E-state index in [9.17, 15) is 15.8 Å². The number of nitrogens with zero attached hydrogens (tertiary/aromatic N) is 4. The molecule has 1 fully saturated rings.